The van der Waals surface area contributed by atoms with Gasteiger partial charge in [-0.25, -0.2) is 4.98 Å². The molecule has 6 nitrogen and oxygen atoms in total. The first kappa shape index (κ1) is 20.2. The molecule has 2 aromatic carbocycles. The molecule has 3 rings (SSSR count). The Morgan fingerprint density at radius 1 is 1.24 bits per heavy atom. The Kier molecular flexibility index (Phi) is 6.37. The van der Waals surface area contributed by atoms with Gasteiger partial charge in [-0.15, -0.1) is 11.3 Å². The van der Waals surface area contributed by atoms with Gasteiger partial charge in [0, 0.05) is 16.6 Å². The van der Waals surface area contributed by atoms with Crippen molar-refractivity contribution in [1.82, 2.24) is 4.98 Å². The van der Waals surface area contributed by atoms with E-state index < -0.39 is 18.0 Å². The van der Waals surface area contributed by atoms with E-state index in [4.69, 9.17) is 10.00 Å². The van der Waals surface area contributed by atoms with Crippen LogP contribution in [0.15, 0.2) is 53.9 Å². The predicted molar refractivity (Wildman–Crippen MR) is 111 cm³/mol. The van der Waals surface area contributed by atoms with E-state index in [1.54, 1.807) is 24.3 Å². The van der Waals surface area contributed by atoms with Crippen LogP contribution in [0.5, 0.6) is 0 Å². The van der Waals surface area contributed by atoms with Gasteiger partial charge in [0.25, 0.3) is 5.91 Å². The van der Waals surface area contributed by atoms with E-state index in [9.17, 15) is 9.59 Å². The molecule has 0 fully saturated rings. The van der Waals surface area contributed by atoms with Crippen LogP contribution in [-0.4, -0.2) is 23.0 Å². The number of carbonyl (C=O) groups is 2. The fraction of sp³-hybridized carbons (Fsp3) is 0.182. The second kappa shape index (κ2) is 9.13. The van der Waals surface area contributed by atoms with E-state index in [-0.39, 0.29) is 6.42 Å². The summed E-state index contributed by atoms with van der Waals surface area (Å²) in [6.07, 6.45) is -0.979. The Hall–Kier alpha value is -3.50. The molecule has 0 radical (unpaired) electrons. The number of thiazole rings is 1. The zero-order chi connectivity index (χ0) is 20.8. The lowest BCUT2D eigenvalue weighted by Crippen LogP contribution is -2.30. The van der Waals surface area contributed by atoms with Crippen molar-refractivity contribution >= 4 is 28.9 Å². The van der Waals surface area contributed by atoms with Crippen LogP contribution in [0.2, 0.25) is 0 Å². The number of rotatable bonds is 6. The highest BCUT2D eigenvalue weighted by Crippen LogP contribution is 2.24. The Bertz CT molecular complexity index is 1070. The van der Waals surface area contributed by atoms with E-state index in [1.807, 2.05) is 42.6 Å². The van der Waals surface area contributed by atoms with E-state index in [1.165, 1.54) is 23.8 Å². The molecule has 7 heteroatoms. The highest BCUT2D eigenvalue weighted by atomic mass is 32.1. The maximum Gasteiger partial charge on any atom is 0.312 e. The van der Waals surface area contributed by atoms with Crippen molar-refractivity contribution in [1.29, 1.82) is 5.26 Å². The zero-order valence-corrected chi connectivity index (χ0v) is 16.8. The first-order chi connectivity index (χ1) is 13.9. The Balaban J connectivity index is 1.55. The van der Waals surface area contributed by atoms with Crippen LogP contribution in [0.3, 0.4) is 0 Å². The van der Waals surface area contributed by atoms with Gasteiger partial charge in [-0.3, -0.25) is 9.59 Å². The number of esters is 1. The molecule has 29 heavy (non-hydrogen) atoms. The number of aryl methyl sites for hydroxylation is 1. The third-order valence-electron chi connectivity index (χ3n) is 4.11. The number of nitrogens with one attached hydrogen (secondary N) is 1. The summed E-state index contributed by atoms with van der Waals surface area (Å²) in [6.45, 7) is 3.52. The van der Waals surface area contributed by atoms with Crippen molar-refractivity contribution in [3.05, 3.63) is 70.7 Å². The van der Waals surface area contributed by atoms with Gasteiger partial charge >= 0.3 is 5.97 Å². The SMILES string of the molecule is Cc1ccc(-c2nc(CC(=O)O[C@@H](C)C(=O)Nc3cccc(C#N)c3)cs2)cc1. The highest BCUT2D eigenvalue weighted by Gasteiger charge is 2.19. The van der Waals surface area contributed by atoms with Crippen LogP contribution >= 0.6 is 11.3 Å². The first-order valence-corrected chi connectivity index (χ1v) is 9.84. The number of benzene rings is 2. The topological polar surface area (TPSA) is 92.1 Å². The fourth-order valence-electron chi connectivity index (χ4n) is 2.57. The minimum absolute atomic E-state index is 0.0100. The van der Waals surface area contributed by atoms with Crippen LogP contribution in [-0.2, 0) is 20.7 Å². The second-order valence-corrected chi connectivity index (χ2v) is 7.36. The van der Waals surface area contributed by atoms with Gasteiger partial charge < -0.3 is 10.1 Å². The Labute approximate surface area is 172 Å². The first-order valence-electron chi connectivity index (χ1n) is 8.96. The van der Waals surface area contributed by atoms with Crippen LogP contribution in [0.25, 0.3) is 10.6 Å². The maximum atomic E-state index is 12.2. The van der Waals surface area contributed by atoms with Crippen LogP contribution in [0, 0.1) is 18.3 Å². The molecule has 1 amide bonds. The molecule has 1 aromatic heterocycles. The van der Waals surface area contributed by atoms with Crippen molar-refractivity contribution in [3.63, 3.8) is 0 Å². The molecule has 0 bridgehead atoms. The molecule has 3 aromatic rings. The standard InChI is InChI=1S/C22H19N3O3S/c1-14-6-8-17(9-7-14)22-25-19(13-29-22)11-20(26)28-15(2)21(27)24-18-5-3-4-16(10-18)12-23/h3-10,13,15H,11H2,1-2H3,(H,24,27)/t15-/m0/s1. The Morgan fingerprint density at radius 3 is 2.72 bits per heavy atom. The summed E-state index contributed by atoms with van der Waals surface area (Å²) < 4.78 is 5.22. The zero-order valence-electron chi connectivity index (χ0n) is 16.0. The predicted octanol–water partition coefficient (Wildman–Crippen LogP) is 4.10. The number of hydrogen-bond donors (Lipinski definition) is 1. The van der Waals surface area contributed by atoms with Crippen LogP contribution in [0.1, 0.15) is 23.7 Å². The van der Waals surface area contributed by atoms with Crippen molar-refractivity contribution in [3.8, 4) is 16.6 Å². The molecule has 0 aliphatic heterocycles. The molecule has 0 spiro atoms. The lowest BCUT2D eigenvalue weighted by molar-refractivity contribution is -0.152. The van der Waals surface area contributed by atoms with Crippen molar-refractivity contribution in [2.75, 3.05) is 5.32 Å². The average molecular weight is 405 g/mol. The number of amides is 1. The second-order valence-electron chi connectivity index (χ2n) is 6.50. The van der Waals surface area contributed by atoms with Crippen molar-refractivity contribution in [2.24, 2.45) is 0 Å². The summed E-state index contributed by atoms with van der Waals surface area (Å²) in [6, 6.07) is 16.5. The summed E-state index contributed by atoms with van der Waals surface area (Å²) in [5, 5.41) is 14.2. The number of nitriles is 1. The van der Waals surface area contributed by atoms with Crippen LogP contribution in [0.4, 0.5) is 5.69 Å². The number of hydrogen-bond acceptors (Lipinski definition) is 6. The van der Waals surface area contributed by atoms with Gasteiger partial charge in [0.2, 0.25) is 0 Å². The third kappa shape index (κ3) is 5.50. The lowest BCUT2D eigenvalue weighted by Gasteiger charge is -2.13. The number of ether oxygens (including phenoxy) is 1. The fourth-order valence-corrected chi connectivity index (χ4v) is 3.39. The summed E-state index contributed by atoms with van der Waals surface area (Å²) in [7, 11) is 0. The van der Waals surface area contributed by atoms with E-state index >= 15 is 0 Å². The summed E-state index contributed by atoms with van der Waals surface area (Å²) >= 11 is 1.46. The third-order valence-corrected chi connectivity index (χ3v) is 5.05. The molecular formula is C22H19N3O3S. The number of carbonyl (C=O) groups excluding carboxylic acids is 2. The molecule has 0 aliphatic rings. The lowest BCUT2D eigenvalue weighted by atomic mass is 10.2. The van der Waals surface area contributed by atoms with E-state index in [0.29, 0.717) is 16.9 Å². The molecule has 1 heterocycles. The maximum absolute atomic E-state index is 12.2. The summed E-state index contributed by atoms with van der Waals surface area (Å²) in [5.74, 6) is -0.994. The molecular weight excluding hydrogens is 386 g/mol. The molecule has 0 saturated heterocycles. The summed E-state index contributed by atoms with van der Waals surface area (Å²) in [5.41, 5.74) is 3.66. The molecule has 1 atom stereocenters. The van der Waals surface area contributed by atoms with E-state index in [0.717, 1.165) is 10.6 Å². The summed E-state index contributed by atoms with van der Waals surface area (Å²) in [4.78, 5) is 28.9. The minimum Gasteiger partial charge on any atom is -0.452 e. The smallest absolute Gasteiger partial charge is 0.312 e. The molecule has 146 valence electrons. The molecule has 0 saturated carbocycles. The largest absolute Gasteiger partial charge is 0.452 e. The van der Waals surface area contributed by atoms with Gasteiger partial charge in [0.15, 0.2) is 6.10 Å². The van der Waals surface area contributed by atoms with Gasteiger partial charge in [-0.2, -0.15) is 5.26 Å². The van der Waals surface area contributed by atoms with Gasteiger partial charge in [0.05, 0.1) is 23.7 Å². The quantitative estimate of drug-likeness (QED) is 0.623. The number of aromatic nitrogens is 1. The monoisotopic (exact) mass is 405 g/mol. The molecule has 0 aliphatic carbocycles. The normalized spacial score (nSPS) is 11.3. The van der Waals surface area contributed by atoms with Crippen molar-refractivity contribution in [2.45, 2.75) is 26.4 Å². The minimum atomic E-state index is -0.969. The van der Waals surface area contributed by atoms with Gasteiger partial charge in [-0.1, -0.05) is 35.9 Å². The average Bonchev–Trinajstić information content (AvgIpc) is 3.16. The highest BCUT2D eigenvalue weighted by molar-refractivity contribution is 7.13. The van der Waals surface area contributed by atoms with Crippen LogP contribution < -0.4 is 5.32 Å². The van der Waals surface area contributed by atoms with Gasteiger partial charge in [0.1, 0.15) is 5.01 Å². The number of nitrogens with zero attached hydrogens (tertiary/aromatic N) is 2. The molecule has 1 N–H and O–H groups in total. The van der Waals surface area contributed by atoms with Gasteiger partial charge in [-0.05, 0) is 32.0 Å². The van der Waals surface area contributed by atoms with Crippen molar-refractivity contribution < 1.29 is 14.3 Å². The van der Waals surface area contributed by atoms with E-state index in [2.05, 4.69) is 10.3 Å². The molecule has 0 unspecified atom stereocenters. The Morgan fingerprint density at radius 2 is 2.00 bits per heavy atom. The number of anilines is 1.